The number of benzene rings is 6. The minimum absolute atomic E-state index is 0.0760. The van der Waals surface area contributed by atoms with E-state index in [2.05, 4.69) is 41.7 Å². The molecule has 4 aliphatic rings. The van der Waals surface area contributed by atoms with E-state index in [9.17, 15) is 20.4 Å². The maximum Gasteiger partial charge on any atom is 0.140 e. The van der Waals surface area contributed by atoms with Gasteiger partial charge < -0.3 is 39.4 Å². The van der Waals surface area contributed by atoms with Crippen molar-refractivity contribution in [3.63, 3.8) is 0 Å². The highest BCUT2D eigenvalue weighted by atomic mass is 32.2. The Morgan fingerprint density at radius 3 is 1.94 bits per heavy atom. The monoisotopic (exact) mass is 948 g/mol. The number of thioether (sulfide) groups is 2. The minimum Gasteiger partial charge on any atom is -0.508 e. The van der Waals surface area contributed by atoms with Gasteiger partial charge in [-0.25, -0.2) is 0 Å². The third-order valence-corrected chi connectivity index (χ3v) is 16.2. The molecule has 350 valence electrons. The molecule has 12 heteroatoms. The predicted molar refractivity (Wildman–Crippen MR) is 267 cm³/mol. The Bertz CT molecular complexity index is 2820. The number of likely N-dealkylation sites (tertiary alicyclic amines) is 2. The summed E-state index contributed by atoms with van der Waals surface area (Å²) in [5.74, 6) is 7.05. The lowest BCUT2D eigenvalue weighted by Gasteiger charge is -2.34. The third-order valence-electron chi connectivity index (χ3n) is 13.5. The second-order valence-corrected chi connectivity index (χ2v) is 20.8. The Hall–Kier alpha value is -6.10. The van der Waals surface area contributed by atoms with E-state index in [1.807, 2.05) is 60.7 Å². The fourth-order valence-electron chi connectivity index (χ4n) is 10.0. The van der Waals surface area contributed by atoms with Crippen LogP contribution in [0.25, 0.3) is 11.1 Å². The van der Waals surface area contributed by atoms with Crippen LogP contribution in [0.1, 0.15) is 71.7 Å². The van der Waals surface area contributed by atoms with Crippen LogP contribution in [0.2, 0.25) is 0 Å². The zero-order valence-corrected chi connectivity index (χ0v) is 39.8. The first-order valence-corrected chi connectivity index (χ1v) is 25.2. The van der Waals surface area contributed by atoms with E-state index in [0.29, 0.717) is 60.1 Å². The molecule has 6 aromatic rings. The lowest BCUT2D eigenvalue weighted by molar-refractivity contribution is 0.190. The fraction of sp³-hybridized carbons (Fsp3) is 0.321. The molecule has 0 aromatic heterocycles. The molecule has 68 heavy (non-hydrogen) atoms. The molecule has 4 N–H and O–H groups in total. The molecule has 0 bridgehead atoms. The highest BCUT2D eigenvalue weighted by molar-refractivity contribution is 8.00. The van der Waals surface area contributed by atoms with Crippen molar-refractivity contribution in [1.29, 1.82) is 0 Å². The summed E-state index contributed by atoms with van der Waals surface area (Å²) in [5.41, 5.74) is 4.80. The first-order chi connectivity index (χ1) is 33.0. The summed E-state index contributed by atoms with van der Waals surface area (Å²) >= 11 is 3.17. The topological polar surface area (TPSA) is 124 Å². The van der Waals surface area contributed by atoms with Gasteiger partial charge in [-0.3, -0.25) is 9.80 Å². The van der Waals surface area contributed by atoms with E-state index in [4.69, 9.17) is 25.4 Å². The quantitative estimate of drug-likeness (QED) is 0.0824. The molecule has 0 saturated carbocycles. The molecule has 10 nitrogen and oxygen atoms in total. The zero-order chi connectivity index (χ0) is 46.9. The maximum atomic E-state index is 11.9. The number of terminal acetylenes is 1. The summed E-state index contributed by atoms with van der Waals surface area (Å²) < 4.78 is 26.5. The summed E-state index contributed by atoms with van der Waals surface area (Å²) in [5, 5.41) is 42.9. The molecule has 2 fully saturated rings. The van der Waals surface area contributed by atoms with E-state index < -0.39 is 12.2 Å². The van der Waals surface area contributed by atoms with E-state index in [1.54, 1.807) is 72.1 Å². The second kappa shape index (κ2) is 19.9. The second-order valence-electron chi connectivity index (χ2n) is 18.4. The van der Waals surface area contributed by atoms with Crippen molar-refractivity contribution in [3.05, 3.63) is 144 Å². The molecule has 0 aliphatic carbocycles. The molecule has 4 aliphatic heterocycles. The van der Waals surface area contributed by atoms with Gasteiger partial charge in [-0.2, -0.15) is 0 Å². The SMILES string of the molecule is C#C[C@H]1CCN(CCOc2ccc([C@@H]3Oc4ccc(O)cc4S[C@@H]3c3cccc(O)c3)cc2-c2cc([C@H]3Sc4cc(O)ccc4O[C@H]3c3ccc(OCCN4C[C@H](C)C[C@H]4C)cc3)ccc2O)C1. The Morgan fingerprint density at radius 2 is 1.28 bits per heavy atom. The van der Waals surface area contributed by atoms with Crippen molar-refractivity contribution in [3.8, 4) is 69.5 Å². The van der Waals surface area contributed by atoms with Crippen molar-refractivity contribution >= 4 is 23.5 Å². The van der Waals surface area contributed by atoms with Crippen molar-refractivity contribution in [2.24, 2.45) is 11.8 Å². The normalized spacial score (nSPS) is 23.5. The van der Waals surface area contributed by atoms with Crippen LogP contribution in [-0.2, 0) is 0 Å². The van der Waals surface area contributed by atoms with Gasteiger partial charge in [-0.1, -0.05) is 43.3 Å². The average Bonchev–Trinajstić information content (AvgIpc) is 3.95. The molecule has 0 radical (unpaired) electrons. The largest absolute Gasteiger partial charge is 0.508 e. The highest BCUT2D eigenvalue weighted by Gasteiger charge is 2.37. The van der Waals surface area contributed by atoms with Crippen LogP contribution in [0.3, 0.4) is 0 Å². The first kappa shape index (κ1) is 45.7. The van der Waals surface area contributed by atoms with Gasteiger partial charge in [0.25, 0.3) is 0 Å². The Kier molecular flexibility index (Phi) is 13.3. The van der Waals surface area contributed by atoms with Gasteiger partial charge in [0.1, 0.15) is 71.4 Å². The van der Waals surface area contributed by atoms with Gasteiger partial charge in [-0.15, -0.1) is 35.9 Å². The number of phenolic OH excluding ortho intramolecular Hbond substituents is 4. The van der Waals surface area contributed by atoms with E-state index in [-0.39, 0.29) is 39.4 Å². The van der Waals surface area contributed by atoms with Crippen molar-refractivity contribution in [1.82, 2.24) is 9.80 Å². The molecule has 10 rings (SSSR count). The fourth-order valence-corrected chi connectivity index (χ4v) is 12.7. The van der Waals surface area contributed by atoms with Gasteiger partial charge in [0, 0.05) is 49.3 Å². The molecule has 0 unspecified atom stereocenters. The lowest BCUT2D eigenvalue weighted by atomic mass is 9.92. The zero-order valence-electron chi connectivity index (χ0n) is 38.2. The standard InChI is InChI=1S/C56H56N2O8S2/c1-4-36-20-21-57(33-36)22-24-64-48-17-11-38(54-55(39-6-5-7-41(59)27-39)67-52-31-43(61)13-19-50(52)66-54)28-46(48)45-29-40(10-16-47(45)62)56-53(65-49-18-12-42(60)30-51(49)68-56)37-8-14-44(15-9-37)63-25-23-58-32-34(2)26-35(58)3/h1,5-19,27-31,34-36,53-56,59-62H,20-26,32-33H2,2-3H3/t34-,35-,36+,53+,54+,55-,56-/m1/s1. The van der Waals surface area contributed by atoms with Crippen LogP contribution < -0.4 is 18.9 Å². The summed E-state index contributed by atoms with van der Waals surface area (Å²) in [6, 6.07) is 37.8. The molecule has 4 heterocycles. The summed E-state index contributed by atoms with van der Waals surface area (Å²) in [4.78, 5) is 6.42. The van der Waals surface area contributed by atoms with Gasteiger partial charge in [-0.05, 0) is 139 Å². The number of fused-ring (bicyclic) bond motifs is 2. The van der Waals surface area contributed by atoms with Crippen LogP contribution >= 0.6 is 23.5 Å². The Labute approximate surface area is 406 Å². The van der Waals surface area contributed by atoms with Crippen molar-refractivity contribution in [2.75, 3.05) is 45.9 Å². The first-order valence-electron chi connectivity index (χ1n) is 23.4. The number of phenols is 4. The van der Waals surface area contributed by atoms with E-state index in [1.165, 1.54) is 6.42 Å². The predicted octanol–water partition coefficient (Wildman–Crippen LogP) is 11.6. The molecular formula is C56H56N2O8S2. The number of aromatic hydroxyl groups is 4. The van der Waals surface area contributed by atoms with Gasteiger partial charge >= 0.3 is 0 Å². The Morgan fingerprint density at radius 1 is 0.647 bits per heavy atom. The van der Waals surface area contributed by atoms with Crippen LogP contribution in [0.4, 0.5) is 0 Å². The molecule has 2 saturated heterocycles. The number of hydrogen-bond acceptors (Lipinski definition) is 12. The lowest BCUT2D eigenvalue weighted by Crippen LogP contribution is -2.31. The van der Waals surface area contributed by atoms with Gasteiger partial charge in [0.2, 0.25) is 0 Å². The smallest absolute Gasteiger partial charge is 0.140 e. The van der Waals surface area contributed by atoms with Gasteiger partial charge in [0.15, 0.2) is 0 Å². The van der Waals surface area contributed by atoms with Gasteiger partial charge in [0.05, 0.1) is 20.3 Å². The summed E-state index contributed by atoms with van der Waals surface area (Å²) in [7, 11) is 0. The highest BCUT2D eigenvalue weighted by Crippen LogP contribution is 2.57. The van der Waals surface area contributed by atoms with Crippen LogP contribution in [0.5, 0.6) is 46.0 Å². The summed E-state index contributed by atoms with van der Waals surface area (Å²) in [6.45, 7) is 10.0. The minimum atomic E-state index is -0.530. The Balaban J connectivity index is 0.999. The van der Waals surface area contributed by atoms with E-state index >= 15 is 0 Å². The molecule has 6 aromatic carbocycles. The molecular weight excluding hydrogens is 893 g/mol. The van der Waals surface area contributed by atoms with Crippen molar-refractivity contribution < 1.29 is 39.4 Å². The maximum absolute atomic E-state index is 11.9. The number of ether oxygens (including phenoxy) is 4. The van der Waals surface area contributed by atoms with Crippen LogP contribution in [0.15, 0.2) is 131 Å². The van der Waals surface area contributed by atoms with E-state index in [0.717, 1.165) is 70.4 Å². The molecule has 0 amide bonds. The van der Waals surface area contributed by atoms with Crippen LogP contribution in [-0.4, -0.2) is 82.2 Å². The van der Waals surface area contributed by atoms with Crippen molar-refractivity contribution in [2.45, 2.75) is 65.2 Å². The average molecular weight is 949 g/mol. The number of rotatable bonds is 13. The molecule has 7 atom stereocenters. The summed E-state index contributed by atoms with van der Waals surface area (Å²) in [6.07, 6.45) is 6.99. The third kappa shape index (κ3) is 9.90. The van der Waals surface area contributed by atoms with Crippen LogP contribution in [0, 0.1) is 24.2 Å². The number of nitrogens with zero attached hydrogens (tertiary/aromatic N) is 2. The molecule has 0 spiro atoms. The number of hydrogen-bond donors (Lipinski definition) is 4.